The number of nitrogens with zero attached hydrogens (tertiary/aromatic N) is 1. The standard InChI is InChI=1S/C10H17N3O/c1-7(6-14)4-12-10-3-9(11)8(2)5-13-10/h3,5,7,14H,4,6H2,1-2H3,(H3,11,12,13). The van der Waals surface area contributed by atoms with E-state index in [1.54, 1.807) is 12.3 Å². The first-order valence-electron chi connectivity index (χ1n) is 4.70. The van der Waals surface area contributed by atoms with Crippen molar-refractivity contribution in [3.05, 3.63) is 17.8 Å². The lowest BCUT2D eigenvalue weighted by atomic mass is 10.2. The highest BCUT2D eigenvalue weighted by atomic mass is 16.3. The Morgan fingerprint density at radius 1 is 1.64 bits per heavy atom. The predicted octanol–water partition coefficient (Wildman–Crippen LogP) is 1.01. The van der Waals surface area contributed by atoms with Crippen molar-refractivity contribution in [1.82, 2.24) is 4.98 Å². The number of hydrogen-bond donors (Lipinski definition) is 3. The van der Waals surface area contributed by atoms with Gasteiger partial charge in [-0.05, 0) is 18.4 Å². The van der Waals surface area contributed by atoms with Crippen molar-refractivity contribution >= 4 is 11.5 Å². The molecule has 0 aliphatic rings. The van der Waals surface area contributed by atoms with Crippen LogP contribution in [0.2, 0.25) is 0 Å². The number of pyridine rings is 1. The number of nitrogen functional groups attached to an aromatic ring is 1. The molecule has 78 valence electrons. The fourth-order valence-corrected chi connectivity index (χ4v) is 0.979. The second kappa shape index (κ2) is 4.81. The third-order valence-electron chi connectivity index (χ3n) is 2.09. The Kier molecular flexibility index (Phi) is 3.71. The zero-order chi connectivity index (χ0) is 10.6. The average Bonchev–Trinajstić information content (AvgIpc) is 2.19. The summed E-state index contributed by atoms with van der Waals surface area (Å²) in [5.74, 6) is 0.979. The lowest BCUT2D eigenvalue weighted by Gasteiger charge is -2.10. The number of nitrogens with one attached hydrogen (secondary N) is 1. The van der Waals surface area contributed by atoms with E-state index >= 15 is 0 Å². The predicted molar refractivity (Wildman–Crippen MR) is 58.1 cm³/mol. The minimum absolute atomic E-state index is 0.175. The molecule has 1 heterocycles. The van der Waals surface area contributed by atoms with Crippen molar-refractivity contribution in [3.63, 3.8) is 0 Å². The summed E-state index contributed by atoms with van der Waals surface area (Å²) in [6.45, 7) is 4.76. The summed E-state index contributed by atoms with van der Waals surface area (Å²) in [6, 6.07) is 1.80. The van der Waals surface area contributed by atoms with Crippen LogP contribution in [-0.4, -0.2) is 23.2 Å². The van der Waals surface area contributed by atoms with Crippen LogP contribution in [-0.2, 0) is 0 Å². The minimum atomic E-state index is 0.175. The molecule has 0 spiro atoms. The van der Waals surface area contributed by atoms with Crippen molar-refractivity contribution < 1.29 is 5.11 Å². The normalized spacial score (nSPS) is 12.5. The smallest absolute Gasteiger partial charge is 0.127 e. The van der Waals surface area contributed by atoms with Crippen LogP contribution in [0.3, 0.4) is 0 Å². The van der Waals surface area contributed by atoms with E-state index in [1.165, 1.54) is 0 Å². The van der Waals surface area contributed by atoms with Crippen LogP contribution >= 0.6 is 0 Å². The highest BCUT2D eigenvalue weighted by molar-refractivity contribution is 5.53. The molecular weight excluding hydrogens is 178 g/mol. The van der Waals surface area contributed by atoms with E-state index in [1.807, 2.05) is 13.8 Å². The highest BCUT2D eigenvalue weighted by Gasteiger charge is 2.01. The first-order chi connectivity index (χ1) is 6.63. The largest absolute Gasteiger partial charge is 0.398 e. The van der Waals surface area contributed by atoms with Gasteiger partial charge in [-0.3, -0.25) is 0 Å². The molecule has 1 aromatic rings. The number of rotatable bonds is 4. The van der Waals surface area contributed by atoms with Crippen LogP contribution in [0.15, 0.2) is 12.3 Å². The molecule has 1 unspecified atom stereocenters. The van der Waals surface area contributed by atoms with Gasteiger partial charge in [0.15, 0.2) is 0 Å². The molecule has 0 saturated carbocycles. The van der Waals surface area contributed by atoms with E-state index in [0.717, 1.165) is 17.1 Å². The minimum Gasteiger partial charge on any atom is -0.398 e. The van der Waals surface area contributed by atoms with Crippen LogP contribution in [0.25, 0.3) is 0 Å². The van der Waals surface area contributed by atoms with E-state index in [2.05, 4.69) is 10.3 Å². The van der Waals surface area contributed by atoms with Gasteiger partial charge in [-0.1, -0.05) is 6.92 Å². The summed E-state index contributed by atoms with van der Waals surface area (Å²) < 4.78 is 0. The summed E-state index contributed by atoms with van der Waals surface area (Å²) in [4.78, 5) is 4.17. The number of aliphatic hydroxyl groups is 1. The van der Waals surface area contributed by atoms with Crippen molar-refractivity contribution in [2.45, 2.75) is 13.8 Å². The Morgan fingerprint density at radius 2 is 2.36 bits per heavy atom. The molecule has 0 bridgehead atoms. The maximum atomic E-state index is 8.83. The lowest BCUT2D eigenvalue weighted by molar-refractivity contribution is 0.244. The Morgan fingerprint density at radius 3 is 2.93 bits per heavy atom. The van der Waals surface area contributed by atoms with Gasteiger partial charge in [0.25, 0.3) is 0 Å². The zero-order valence-corrected chi connectivity index (χ0v) is 8.62. The quantitative estimate of drug-likeness (QED) is 0.670. The molecule has 0 amide bonds. The maximum Gasteiger partial charge on any atom is 0.127 e. The SMILES string of the molecule is Cc1cnc(NCC(C)CO)cc1N. The van der Waals surface area contributed by atoms with Crippen molar-refractivity contribution in [1.29, 1.82) is 0 Å². The number of aromatic nitrogens is 1. The van der Waals surface area contributed by atoms with E-state index in [-0.39, 0.29) is 12.5 Å². The van der Waals surface area contributed by atoms with Crippen LogP contribution in [0.1, 0.15) is 12.5 Å². The summed E-state index contributed by atoms with van der Waals surface area (Å²) in [7, 11) is 0. The van der Waals surface area contributed by atoms with E-state index in [9.17, 15) is 0 Å². The topological polar surface area (TPSA) is 71.2 Å². The molecule has 0 saturated heterocycles. The van der Waals surface area contributed by atoms with Gasteiger partial charge >= 0.3 is 0 Å². The van der Waals surface area contributed by atoms with Gasteiger partial charge in [-0.2, -0.15) is 0 Å². The molecule has 1 rings (SSSR count). The Labute approximate surface area is 84.2 Å². The summed E-state index contributed by atoms with van der Waals surface area (Å²) in [6.07, 6.45) is 1.74. The fraction of sp³-hybridized carbons (Fsp3) is 0.500. The number of nitrogens with two attached hydrogens (primary N) is 1. The van der Waals surface area contributed by atoms with Crippen LogP contribution in [0.4, 0.5) is 11.5 Å². The molecule has 0 aliphatic carbocycles. The molecule has 0 aromatic carbocycles. The summed E-state index contributed by atoms with van der Waals surface area (Å²) in [5.41, 5.74) is 7.44. The third-order valence-corrected chi connectivity index (χ3v) is 2.09. The first kappa shape index (κ1) is 10.8. The Bertz CT molecular complexity index is 301. The van der Waals surface area contributed by atoms with Crippen molar-refractivity contribution in [2.75, 3.05) is 24.2 Å². The molecule has 4 nitrogen and oxygen atoms in total. The molecule has 4 N–H and O–H groups in total. The molecule has 0 aliphatic heterocycles. The summed E-state index contributed by atoms with van der Waals surface area (Å²) >= 11 is 0. The number of hydrogen-bond acceptors (Lipinski definition) is 4. The van der Waals surface area contributed by atoms with Crippen LogP contribution in [0.5, 0.6) is 0 Å². The number of aliphatic hydroxyl groups excluding tert-OH is 1. The highest BCUT2D eigenvalue weighted by Crippen LogP contribution is 2.13. The van der Waals surface area contributed by atoms with E-state index in [4.69, 9.17) is 10.8 Å². The Balaban J connectivity index is 2.55. The lowest BCUT2D eigenvalue weighted by Crippen LogP contribution is -2.15. The monoisotopic (exact) mass is 195 g/mol. The van der Waals surface area contributed by atoms with Gasteiger partial charge in [-0.15, -0.1) is 0 Å². The fourth-order valence-electron chi connectivity index (χ4n) is 0.979. The average molecular weight is 195 g/mol. The molecule has 0 radical (unpaired) electrons. The van der Waals surface area contributed by atoms with Gasteiger partial charge in [0.05, 0.1) is 0 Å². The van der Waals surface area contributed by atoms with Gasteiger partial charge in [0, 0.05) is 31.1 Å². The molecule has 1 atom stereocenters. The van der Waals surface area contributed by atoms with Crippen LogP contribution in [0, 0.1) is 12.8 Å². The van der Waals surface area contributed by atoms with Gasteiger partial charge in [-0.25, -0.2) is 4.98 Å². The second-order valence-electron chi connectivity index (χ2n) is 3.59. The Hall–Kier alpha value is -1.29. The van der Waals surface area contributed by atoms with E-state index in [0.29, 0.717) is 6.54 Å². The van der Waals surface area contributed by atoms with Gasteiger partial charge in [0.2, 0.25) is 0 Å². The number of aryl methyl sites for hydroxylation is 1. The molecule has 14 heavy (non-hydrogen) atoms. The van der Waals surface area contributed by atoms with Crippen LogP contribution < -0.4 is 11.1 Å². The third kappa shape index (κ3) is 2.88. The van der Waals surface area contributed by atoms with Crippen molar-refractivity contribution in [3.8, 4) is 0 Å². The molecular formula is C10H17N3O. The van der Waals surface area contributed by atoms with Gasteiger partial charge in [0.1, 0.15) is 5.82 Å². The first-order valence-corrected chi connectivity index (χ1v) is 4.70. The molecule has 1 aromatic heterocycles. The second-order valence-corrected chi connectivity index (χ2v) is 3.59. The van der Waals surface area contributed by atoms with Gasteiger partial charge < -0.3 is 16.2 Å². The van der Waals surface area contributed by atoms with Crippen molar-refractivity contribution in [2.24, 2.45) is 5.92 Å². The molecule has 4 heteroatoms. The summed E-state index contributed by atoms with van der Waals surface area (Å²) in [5, 5.41) is 11.9. The van der Waals surface area contributed by atoms with E-state index < -0.39 is 0 Å². The number of anilines is 2. The zero-order valence-electron chi connectivity index (χ0n) is 8.62. The molecule has 0 fully saturated rings. The maximum absolute atomic E-state index is 8.83.